The Kier molecular flexibility index (Phi) is 5.54. The molecular weight excluding hydrogens is 272 g/mol. The van der Waals surface area contributed by atoms with E-state index < -0.39 is 0 Å². The fourth-order valence-electron chi connectivity index (χ4n) is 2.43. The molecule has 0 saturated carbocycles. The van der Waals surface area contributed by atoms with Gasteiger partial charge in [0.05, 0.1) is 13.0 Å². The van der Waals surface area contributed by atoms with E-state index in [-0.39, 0.29) is 11.4 Å². The van der Waals surface area contributed by atoms with Crippen molar-refractivity contribution < 1.29 is 9.53 Å². The van der Waals surface area contributed by atoms with Crippen molar-refractivity contribution in [3.63, 3.8) is 0 Å². The van der Waals surface area contributed by atoms with Gasteiger partial charge in [-0.15, -0.1) is 0 Å². The summed E-state index contributed by atoms with van der Waals surface area (Å²) in [5.41, 5.74) is 1.84. The molecule has 2 aromatic carbocycles. The van der Waals surface area contributed by atoms with Gasteiger partial charge in [0.1, 0.15) is 0 Å². The molecule has 0 aliphatic rings. The molecule has 2 heteroatoms. The summed E-state index contributed by atoms with van der Waals surface area (Å²) in [4.78, 5) is 12.0. The van der Waals surface area contributed by atoms with Crippen molar-refractivity contribution in [1.82, 2.24) is 0 Å². The van der Waals surface area contributed by atoms with Crippen LogP contribution in [-0.4, -0.2) is 12.6 Å². The van der Waals surface area contributed by atoms with E-state index in [2.05, 4.69) is 31.2 Å². The maximum atomic E-state index is 12.0. The Morgan fingerprint density at radius 1 is 1.05 bits per heavy atom. The normalized spacial score (nSPS) is 13.7. The summed E-state index contributed by atoms with van der Waals surface area (Å²) in [7, 11) is 0. The first-order valence-corrected chi connectivity index (χ1v) is 7.59. The van der Waals surface area contributed by atoms with Crippen LogP contribution in [0.3, 0.4) is 0 Å². The Hall–Kier alpha value is -2.35. The van der Waals surface area contributed by atoms with Crippen molar-refractivity contribution in [3.8, 4) is 0 Å². The molecule has 0 spiro atoms. The Morgan fingerprint density at radius 2 is 1.64 bits per heavy atom. The number of carbonyl (C=O) groups excluding carboxylic acids is 1. The number of esters is 1. The van der Waals surface area contributed by atoms with Gasteiger partial charge in [0, 0.05) is 5.41 Å². The van der Waals surface area contributed by atoms with Crippen LogP contribution in [0.2, 0.25) is 0 Å². The molecule has 0 aromatic heterocycles. The van der Waals surface area contributed by atoms with E-state index in [1.165, 1.54) is 0 Å². The number of ether oxygens (including phenoxy) is 1. The van der Waals surface area contributed by atoms with Crippen LogP contribution in [0.1, 0.15) is 31.4 Å². The van der Waals surface area contributed by atoms with Gasteiger partial charge in [0.25, 0.3) is 0 Å². The predicted octanol–water partition coefficient (Wildman–Crippen LogP) is 4.61. The third-order valence-corrected chi connectivity index (χ3v) is 3.69. The van der Waals surface area contributed by atoms with E-state index in [1.807, 2.05) is 55.5 Å². The van der Waals surface area contributed by atoms with Crippen LogP contribution in [0, 0.1) is 0 Å². The van der Waals surface area contributed by atoms with Crippen LogP contribution in [0.25, 0.3) is 6.08 Å². The first-order valence-electron chi connectivity index (χ1n) is 7.59. The molecule has 0 heterocycles. The molecule has 0 radical (unpaired) electrons. The number of rotatable bonds is 6. The number of benzene rings is 2. The van der Waals surface area contributed by atoms with Gasteiger partial charge in [-0.2, -0.15) is 0 Å². The van der Waals surface area contributed by atoms with Crippen LogP contribution in [0.5, 0.6) is 0 Å². The van der Waals surface area contributed by atoms with Crippen molar-refractivity contribution in [1.29, 1.82) is 0 Å². The zero-order valence-electron chi connectivity index (χ0n) is 13.2. The third kappa shape index (κ3) is 4.32. The largest absolute Gasteiger partial charge is 0.466 e. The van der Waals surface area contributed by atoms with Crippen molar-refractivity contribution in [3.05, 3.63) is 77.9 Å². The lowest BCUT2D eigenvalue weighted by atomic mass is 9.79. The SMILES string of the molecule is CCOC(=O)C[C@](C)(/C=C/c1ccccc1)c1ccccc1. The molecule has 0 amide bonds. The monoisotopic (exact) mass is 294 g/mol. The fourth-order valence-corrected chi connectivity index (χ4v) is 2.43. The minimum absolute atomic E-state index is 0.174. The fraction of sp³-hybridized carbons (Fsp3) is 0.250. The van der Waals surface area contributed by atoms with Crippen molar-refractivity contribution in [2.45, 2.75) is 25.7 Å². The molecule has 0 N–H and O–H groups in total. The van der Waals surface area contributed by atoms with Gasteiger partial charge in [-0.05, 0) is 18.1 Å². The highest BCUT2D eigenvalue weighted by Gasteiger charge is 2.27. The van der Waals surface area contributed by atoms with E-state index in [1.54, 1.807) is 0 Å². The molecule has 0 aliphatic carbocycles. The molecule has 2 nitrogen and oxygen atoms in total. The lowest BCUT2D eigenvalue weighted by Crippen LogP contribution is -2.24. The van der Waals surface area contributed by atoms with Gasteiger partial charge < -0.3 is 4.74 Å². The quantitative estimate of drug-likeness (QED) is 0.727. The van der Waals surface area contributed by atoms with Gasteiger partial charge in [-0.3, -0.25) is 4.79 Å². The lowest BCUT2D eigenvalue weighted by molar-refractivity contribution is -0.144. The Balaban J connectivity index is 2.29. The van der Waals surface area contributed by atoms with Crippen molar-refractivity contribution in [2.75, 3.05) is 6.61 Å². The van der Waals surface area contributed by atoms with Crippen LogP contribution in [0.4, 0.5) is 0 Å². The van der Waals surface area contributed by atoms with E-state index >= 15 is 0 Å². The van der Waals surface area contributed by atoms with Gasteiger partial charge in [0.15, 0.2) is 0 Å². The average Bonchev–Trinajstić information content (AvgIpc) is 2.55. The number of carbonyl (C=O) groups is 1. The molecule has 0 bridgehead atoms. The van der Waals surface area contributed by atoms with E-state index in [0.29, 0.717) is 13.0 Å². The summed E-state index contributed by atoms with van der Waals surface area (Å²) in [5, 5.41) is 0. The molecule has 114 valence electrons. The summed E-state index contributed by atoms with van der Waals surface area (Å²) in [6.07, 6.45) is 4.48. The summed E-state index contributed by atoms with van der Waals surface area (Å²) in [5.74, 6) is -0.174. The number of hydrogen-bond donors (Lipinski definition) is 0. The molecule has 2 aromatic rings. The topological polar surface area (TPSA) is 26.3 Å². The average molecular weight is 294 g/mol. The van der Waals surface area contributed by atoms with Crippen LogP contribution >= 0.6 is 0 Å². The first kappa shape index (κ1) is 16.0. The van der Waals surface area contributed by atoms with E-state index in [9.17, 15) is 4.79 Å². The highest BCUT2D eigenvalue weighted by molar-refractivity contribution is 5.72. The second-order valence-electron chi connectivity index (χ2n) is 5.51. The molecule has 0 fully saturated rings. The summed E-state index contributed by atoms with van der Waals surface area (Å²) in [6.45, 7) is 4.31. The highest BCUT2D eigenvalue weighted by atomic mass is 16.5. The van der Waals surface area contributed by atoms with Crippen LogP contribution in [0.15, 0.2) is 66.7 Å². The Labute approximate surface area is 132 Å². The maximum Gasteiger partial charge on any atom is 0.306 e. The summed E-state index contributed by atoms with van der Waals surface area (Å²) >= 11 is 0. The van der Waals surface area contributed by atoms with Gasteiger partial charge >= 0.3 is 5.97 Å². The molecule has 0 unspecified atom stereocenters. The second kappa shape index (κ2) is 7.60. The number of allylic oxidation sites excluding steroid dienone is 1. The standard InChI is InChI=1S/C20H22O2/c1-3-22-19(21)16-20(2,18-12-8-5-9-13-18)15-14-17-10-6-4-7-11-17/h4-15H,3,16H2,1-2H3/b15-14+/t20-/m0/s1. The van der Waals surface area contributed by atoms with Crippen LogP contribution < -0.4 is 0 Å². The zero-order valence-corrected chi connectivity index (χ0v) is 13.2. The Bertz CT molecular complexity index is 617. The predicted molar refractivity (Wildman–Crippen MR) is 90.5 cm³/mol. The first-order chi connectivity index (χ1) is 10.6. The van der Waals surface area contributed by atoms with Gasteiger partial charge in [-0.25, -0.2) is 0 Å². The molecular formula is C20H22O2. The molecule has 2 rings (SSSR count). The van der Waals surface area contributed by atoms with E-state index in [0.717, 1.165) is 11.1 Å². The Morgan fingerprint density at radius 3 is 2.23 bits per heavy atom. The molecule has 0 aliphatic heterocycles. The molecule has 0 saturated heterocycles. The van der Waals surface area contributed by atoms with Gasteiger partial charge in [-0.1, -0.05) is 79.7 Å². The molecule has 1 atom stereocenters. The maximum absolute atomic E-state index is 12.0. The third-order valence-electron chi connectivity index (χ3n) is 3.69. The van der Waals surface area contributed by atoms with E-state index in [4.69, 9.17) is 4.74 Å². The van der Waals surface area contributed by atoms with Gasteiger partial charge in [0.2, 0.25) is 0 Å². The van der Waals surface area contributed by atoms with Crippen molar-refractivity contribution >= 4 is 12.0 Å². The smallest absolute Gasteiger partial charge is 0.306 e. The minimum atomic E-state index is -0.386. The lowest BCUT2D eigenvalue weighted by Gasteiger charge is -2.25. The highest BCUT2D eigenvalue weighted by Crippen LogP contribution is 2.30. The summed E-state index contributed by atoms with van der Waals surface area (Å²) < 4.78 is 5.14. The number of hydrogen-bond acceptors (Lipinski definition) is 2. The van der Waals surface area contributed by atoms with Crippen molar-refractivity contribution in [2.24, 2.45) is 0 Å². The second-order valence-corrected chi connectivity index (χ2v) is 5.51. The summed E-state index contributed by atoms with van der Waals surface area (Å²) in [6, 6.07) is 20.2. The molecule has 22 heavy (non-hydrogen) atoms. The van der Waals surface area contributed by atoms with Crippen LogP contribution in [-0.2, 0) is 14.9 Å². The zero-order chi connectivity index (χ0) is 15.8. The minimum Gasteiger partial charge on any atom is -0.466 e.